The first-order valence-corrected chi connectivity index (χ1v) is 15.7. The highest BCUT2D eigenvalue weighted by molar-refractivity contribution is 5.97. The van der Waals surface area contributed by atoms with Crippen LogP contribution in [0.4, 0.5) is 32.0 Å². The molecule has 9 nitrogen and oxygen atoms in total. The predicted octanol–water partition coefficient (Wildman–Crippen LogP) is 6.53. The van der Waals surface area contributed by atoms with Gasteiger partial charge in [0.2, 0.25) is 0 Å². The molecule has 0 spiro atoms. The minimum absolute atomic E-state index is 0.0227. The van der Waals surface area contributed by atoms with Crippen molar-refractivity contribution in [3.63, 3.8) is 0 Å². The third kappa shape index (κ3) is 12.2. The number of carboxylic acids is 2. The minimum Gasteiger partial charge on any atom is -0.475 e. The Hall–Kier alpha value is -4.37. The minimum atomic E-state index is -5.08. The van der Waals surface area contributed by atoms with E-state index in [1.54, 1.807) is 0 Å². The topological polar surface area (TPSA) is 131 Å². The summed E-state index contributed by atoms with van der Waals surface area (Å²) in [6, 6.07) is 21.9. The highest BCUT2D eigenvalue weighted by atomic mass is 19.4. The van der Waals surface area contributed by atoms with Crippen LogP contribution in [0.2, 0.25) is 0 Å². The van der Waals surface area contributed by atoms with Crippen molar-refractivity contribution in [3.05, 3.63) is 77.4 Å². The number of rotatable bonds is 7. The van der Waals surface area contributed by atoms with Crippen LogP contribution in [0, 0.1) is 6.92 Å². The van der Waals surface area contributed by atoms with E-state index < -0.39 is 24.3 Å². The highest BCUT2D eigenvalue weighted by Crippen LogP contribution is 2.26. The number of amides is 1. The van der Waals surface area contributed by atoms with Gasteiger partial charge in [0.15, 0.2) is 0 Å². The van der Waals surface area contributed by atoms with Gasteiger partial charge in [0.1, 0.15) is 0 Å². The number of piperidine rings is 1. The Morgan fingerprint density at radius 3 is 2.06 bits per heavy atom. The average molecular weight is 699 g/mol. The molecule has 3 aromatic rings. The number of carboxylic acid groups (broad SMARTS) is 2. The van der Waals surface area contributed by atoms with Gasteiger partial charge in [-0.3, -0.25) is 4.79 Å². The molecular formula is C34H40F6N4O5. The van der Waals surface area contributed by atoms with E-state index in [1.807, 2.05) is 19.1 Å². The number of aryl methyl sites for hydroxylation is 1. The number of likely N-dealkylation sites (tertiary alicyclic amines) is 1. The number of hydrogen-bond acceptors (Lipinski definition) is 6. The maximum Gasteiger partial charge on any atom is 0.490 e. The van der Waals surface area contributed by atoms with Gasteiger partial charge in [-0.15, -0.1) is 0 Å². The van der Waals surface area contributed by atoms with Crippen LogP contribution < -0.4 is 16.0 Å². The van der Waals surface area contributed by atoms with Gasteiger partial charge in [-0.1, -0.05) is 48.5 Å². The molecule has 2 fully saturated rings. The molecule has 5 N–H and O–H groups in total. The Balaban J connectivity index is 0.000000392. The van der Waals surface area contributed by atoms with E-state index in [0.29, 0.717) is 12.1 Å². The Bertz CT molecular complexity index is 1540. The smallest absolute Gasteiger partial charge is 0.475 e. The summed E-state index contributed by atoms with van der Waals surface area (Å²) < 4.78 is 63.5. The van der Waals surface area contributed by atoms with Crippen molar-refractivity contribution in [2.24, 2.45) is 0 Å². The molecule has 0 saturated carbocycles. The summed E-state index contributed by atoms with van der Waals surface area (Å²) in [5.74, 6) is -5.54. The molecular weight excluding hydrogens is 658 g/mol. The van der Waals surface area contributed by atoms with Crippen LogP contribution in [0.3, 0.4) is 0 Å². The van der Waals surface area contributed by atoms with E-state index in [-0.39, 0.29) is 11.9 Å². The van der Waals surface area contributed by atoms with E-state index in [2.05, 4.69) is 76.3 Å². The van der Waals surface area contributed by atoms with E-state index in [4.69, 9.17) is 19.8 Å². The number of benzene rings is 3. The molecule has 0 bridgehead atoms. The van der Waals surface area contributed by atoms with Gasteiger partial charge < -0.3 is 31.1 Å². The monoisotopic (exact) mass is 698 g/mol. The number of nitrogens with one attached hydrogen (secondary N) is 3. The lowest BCUT2D eigenvalue weighted by atomic mass is 9.99. The molecule has 0 unspecified atom stereocenters. The zero-order chi connectivity index (χ0) is 36.4. The molecule has 0 radical (unpaired) electrons. The van der Waals surface area contributed by atoms with Crippen LogP contribution in [0.25, 0.3) is 10.8 Å². The van der Waals surface area contributed by atoms with Gasteiger partial charge in [0.05, 0.1) is 6.04 Å². The summed E-state index contributed by atoms with van der Waals surface area (Å²) in [7, 11) is 0. The molecule has 15 heteroatoms. The Kier molecular flexibility index (Phi) is 13.8. The lowest BCUT2D eigenvalue weighted by Crippen LogP contribution is -2.44. The van der Waals surface area contributed by atoms with Crippen molar-refractivity contribution in [1.82, 2.24) is 15.5 Å². The lowest BCUT2D eigenvalue weighted by molar-refractivity contribution is -0.193. The summed E-state index contributed by atoms with van der Waals surface area (Å²) in [5.41, 5.74) is 3.92. The Morgan fingerprint density at radius 2 is 1.49 bits per heavy atom. The lowest BCUT2D eigenvalue weighted by Gasteiger charge is -2.34. The number of carbonyl (C=O) groups is 3. The second-order valence-electron chi connectivity index (χ2n) is 11.9. The number of hydrogen-bond donors (Lipinski definition) is 5. The third-order valence-electron chi connectivity index (χ3n) is 8.20. The van der Waals surface area contributed by atoms with Crippen molar-refractivity contribution >= 4 is 34.3 Å². The first-order chi connectivity index (χ1) is 23.0. The van der Waals surface area contributed by atoms with E-state index in [1.165, 1.54) is 36.7 Å². The van der Waals surface area contributed by atoms with E-state index in [0.717, 1.165) is 48.3 Å². The second kappa shape index (κ2) is 17.3. The number of nitrogens with zero attached hydrogens (tertiary/aromatic N) is 1. The molecule has 2 aliphatic rings. The molecule has 268 valence electrons. The molecule has 0 aromatic heterocycles. The van der Waals surface area contributed by atoms with E-state index in [9.17, 15) is 31.1 Å². The molecule has 2 aliphatic heterocycles. The van der Waals surface area contributed by atoms with E-state index >= 15 is 0 Å². The van der Waals surface area contributed by atoms with Gasteiger partial charge in [0.25, 0.3) is 5.91 Å². The first kappa shape index (κ1) is 39.1. The average Bonchev–Trinajstić information content (AvgIpc) is 3.55. The van der Waals surface area contributed by atoms with Crippen molar-refractivity contribution in [3.8, 4) is 0 Å². The van der Waals surface area contributed by atoms with Crippen LogP contribution >= 0.6 is 0 Å². The van der Waals surface area contributed by atoms with Gasteiger partial charge >= 0.3 is 24.3 Å². The number of aliphatic carboxylic acids is 2. The summed E-state index contributed by atoms with van der Waals surface area (Å²) in [4.78, 5) is 33.7. The number of carbonyl (C=O) groups excluding carboxylic acids is 1. The van der Waals surface area contributed by atoms with Crippen LogP contribution in [-0.4, -0.2) is 83.6 Å². The molecule has 2 atom stereocenters. The number of anilines is 1. The fourth-order valence-electron chi connectivity index (χ4n) is 5.66. The van der Waals surface area contributed by atoms with Gasteiger partial charge in [-0.2, -0.15) is 26.3 Å². The highest BCUT2D eigenvalue weighted by Gasteiger charge is 2.39. The largest absolute Gasteiger partial charge is 0.490 e. The number of halogens is 6. The number of alkyl halides is 6. The van der Waals surface area contributed by atoms with Gasteiger partial charge in [0, 0.05) is 43.0 Å². The first-order valence-electron chi connectivity index (χ1n) is 15.7. The molecule has 2 heterocycles. The Morgan fingerprint density at radius 1 is 0.898 bits per heavy atom. The van der Waals surface area contributed by atoms with Crippen LogP contribution in [0.15, 0.2) is 60.7 Å². The summed E-state index contributed by atoms with van der Waals surface area (Å²) in [5, 5.41) is 27.2. The fourth-order valence-corrected chi connectivity index (χ4v) is 5.66. The maximum atomic E-state index is 13.3. The molecule has 0 aliphatic carbocycles. The third-order valence-corrected chi connectivity index (χ3v) is 8.20. The predicted molar refractivity (Wildman–Crippen MR) is 172 cm³/mol. The second-order valence-corrected chi connectivity index (χ2v) is 11.9. The summed E-state index contributed by atoms with van der Waals surface area (Å²) >= 11 is 0. The molecule has 5 rings (SSSR count). The molecule has 49 heavy (non-hydrogen) atoms. The zero-order valence-electron chi connectivity index (χ0n) is 27.0. The van der Waals surface area contributed by atoms with Crippen molar-refractivity contribution < 1.29 is 50.9 Å². The van der Waals surface area contributed by atoms with Crippen molar-refractivity contribution in [1.29, 1.82) is 0 Å². The van der Waals surface area contributed by atoms with Crippen molar-refractivity contribution in [2.45, 2.75) is 70.0 Å². The quantitative estimate of drug-likeness (QED) is 0.176. The molecule has 3 aromatic carbocycles. The molecule has 2 saturated heterocycles. The van der Waals surface area contributed by atoms with Crippen LogP contribution in [-0.2, 0) is 9.59 Å². The summed E-state index contributed by atoms with van der Waals surface area (Å²) in [6.45, 7) is 8.70. The zero-order valence-corrected chi connectivity index (χ0v) is 27.0. The molecule has 1 amide bonds. The Labute approximate surface area is 279 Å². The standard InChI is InChI=1S/C30H38N4O.2C2HF3O2/c1-21-12-13-25(33-24-14-17-34(18-15-24)20-26-9-6-16-31-26)19-29(21)30(35)32-22(2)27-11-5-8-23-7-3-4-10-28(23)27;2*3-2(4,5)1(6)7/h3-5,7-8,10-13,19,22,24,26,31,33H,6,9,14-18,20H2,1-2H3,(H,32,35);2*(H,6,7)/t22-,26+;;/m1../s1. The van der Waals surface area contributed by atoms with Gasteiger partial charge in [-0.05, 0) is 80.1 Å². The normalized spacial score (nSPS) is 17.6. The maximum absolute atomic E-state index is 13.3. The van der Waals surface area contributed by atoms with Crippen LogP contribution in [0.5, 0.6) is 0 Å². The van der Waals surface area contributed by atoms with Crippen molar-refractivity contribution in [2.75, 3.05) is 31.5 Å². The van der Waals surface area contributed by atoms with Crippen LogP contribution in [0.1, 0.15) is 60.1 Å². The fraction of sp³-hybridized carbons (Fsp3) is 0.441. The number of fused-ring (bicyclic) bond motifs is 1. The SMILES string of the molecule is Cc1ccc(NC2CCN(C[C@@H]3CCCN3)CC2)cc1C(=O)N[C@H](C)c1cccc2ccccc12.O=C(O)C(F)(F)F.O=C(O)C(F)(F)F. The summed E-state index contributed by atoms with van der Waals surface area (Å²) in [6.07, 6.45) is -5.27. The van der Waals surface area contributed by atoms with Gasteiger partial charge in [-0.25, -0.2) is 9.59 Å².